The first-order valence-corrected chi connectivity index (χ1v) is 10.9. The number of hydrogen-bond acceptors (Lipinski definition) is 5. The number of sulfonamides is 1. The molecule has 0 saturated carbocycles. The van der Waals surface area contributed by atoms with Gasteiger partial charge in [0.1, 0.15) is 11.9 Å². The van der Waals surface area contributed by atoms with E-state index in [-0.39, 0.29) is 16.7 Å². The van der Waals surface area contributed by atoms with Crippen LogP contribution in [-0.2, 0) is 21.2 Å². The predicted octanol–water partition coefficient (Wildman–Crippen LogP) is 1.70. The molecule has 0 aliphatic carbocycles. The molecule has 0 bridgehead atoms. The predicted molar refractivity (Wildman–Crippen MR) is 110 cm³/mol. The molecule has 0 fully saturated rings. The minimum Gasteiger partial charge on any atom is -0.354 e. The van der Waals surface area contributed by atoms with Crippen LogP contribution in [0.2, 0.25) is 0 Å². The first kappa shape index (κ1) is 20.9. The summed E-state index contributed by atoms with van der Waals surface area (Å²) < 4.78 is 29.7. The summed E-state index contributed by atoms with van der Waals surface area (Å²) in [5, 5.41) is 11.0. The molecule has 0 radical (unpaired) electrons. The highest BCUT2D eigenvalue weighted by Gasteiger charge is 2.28. The standard InChI is InChI=1S/C20H25N5O3S/c1-14(2)19(24-29(27,28)16-9-7-15(3)8-10-16)20(26)21-12-11-18-23-22-17-6-4-5-13-25(17)18/h4-10,13-14,19,24H,11-12H2,1-3H3,(H,21,26)/t19-/m1/s1. The van der Waals surface area contributed by atoms with Crippen LogP contribution in [0.25, 0.3) is 5.65 Å². The number of pyridine rings is 1. The Morgan fingerprint density at radius 3 is 2.52 bits per heavy atom. The molecule has 0 saturated heterocycles. The van der Waals surface area contributed by atoms with Crippen LogP contribution < -0.4 is 10.0 Å². The number of nitrogens with one attached hydrogen (secondary N) is 2. The average Bonchev–Trinajstić information content (AvgIpc) is 3.09. The zero-order chi connectivity index (χ0) is 21.0. The van der Waals surface area contributed by atoms with Crippen LogP contribution in [0.1, 0.15) is 25.2 Å². The summed E-state index contributed by atoms with van der Waals surface area (Å²) in [5.74, 6) is 0.135. The second-order valence-corrected chi connectivity index (χ2v) is 8.96. The Labute approximate surface area is 170 Å². The highest BCUT2D eigenvalue weighted by atomic mass is 32.2. The smallest absolute Gasteiger partial charge is 0.241 e. The summed E-state index contributed by atoms with van der Waals surface area (Å²) in [6.07, 6.45) is 2.34. The number of carbonyl (C=O) groups excluding carboxylic acids is 1. The van der Waals surface area contributed by atoms with Crippen molar-refractivity contribution in [3.8, 4) is 0 Å². The van der Waals surface area contributed by atoms with Gasteiger partial charge in [-0.25, -0.2) is 8.42 Å². The van der Waals surface area contributed by atoms with E-state index >= 15 is 0 Å². The van der Waals surface area contributed by atoms with Crippen molar-refractivity contribution in [2.45, 2.75) is 38.1 Å². The molecular formula is C20H25N5O3S. The van der Waals surface area contributed by atoms with Crippen LogP contribution in [0.4, 0.5) is 0 Å². The molecule has 1 amide bonds. The molecular weight excluding hydrogens is 390 g/mol. The molecule has 2 heterocycles. The normalized spacial score (nSPS) is 13.0. The highest BCUT2D eigenvalue weighted by molar-refractivity contribution is 7.89. The maximum atomic E-state index is 12.7. The summed E-state index contributed by atoms with van der Waals surface area (Å²) in [7, 11) is -3.80. The number of aromatic nitrogens is 3. The summed E-state index contributed by atoms with van der Waals surface area (Å²) in [6, 6.07) is 11.2. The van der Waals surface area contributed by atoms with Crippen LogP contribution in [0.5, 0.6) is 0 Å². The van der Waals surface area contributed by atoms with Crippen molar-refractivity contribution in [1.82, 2.24) is 24.6 Å². The van der Waals surface area contributed by atoms with E-state index in [1.54, 1.807) is 26.0 Å². The van der Waals surface area contributed by atoms with E-state index < -0.39 is 16.1 Å². The number of amides is 1. The van der Waals surface area contributed by atoms with Crippen molar-refractivity contribution in [2.75, 3.05) is 6.54 Å². The second kappa shape index (κ2) is 8.71. The number of benzene rings is 1. The SMILES string of the molecule is Cc1ccc(S(=O)(=O)N[C@@H](C(=O)NCCc2nnc3ccccn23)C(C)C)cc1. The van der Waals surface area contributed by atoms with Gasteiger partial charge in [-0.15, -0.1) is 10.2 Å². The largest absolute Gasteiger partial charge is 0.354 e. The van der Waals surface area contributed by atoms with Gasteiger partial charge in [0.05, 0.1) is 4.90 Å². The molecule has 2 N–H and O–H groups in total. The fraction of sp³-hybridized carbons (Fsp3) is 0.350. The maximum absolute atomic E-state index is 12.7. The lowest BCUT2D eigenvalue weighted by molar-refractivity contribution is -0.123. The van der Waals surface area contributed by atoms with E-state index in [0.29, 0.717) is 13.0 Å². The molecule has 29 heavy (non-hydrogen) atoms. The number of hydrogen-bond donors (Lipinski definition) is 2. The van der Waals surface area contributed by atoms with Gasteiger partial charge in [-0.2, -0.15) is 4.72 Å². The molecule has 1 aromatic carbocycles. The molecule has 154 valence electrons. The fourth-order valence-corrected chi connectivity index (χ4v) is 4.26. The first-order valence-electron chi connectivity index (χ1n) is 9.43. The average molecular weight is 416 g/mol. The Balaban J connectivity index is 1.64. The summed E-state index contributed by atoms with van der Waals surface area (Å²) in [5.41, 5.74) is 1.70. The first-order chi connectivity index (χ1) is 13.8. The number of fused-ring (bicyclic) bond motifs is 1. The van der Waals surface area contributed by atoms with Crippen molar-refractivity contribution in [3.63, 3.8) is 0 Å². The third-order valence-electron chi connectivity index (χ3n) is 4.59. The lowest BCUT2D eigenvalue weighted by Gasteiger charge is -2.21. The lowest BCUT2D eigenvalue weighted by atomic mass is 10.1. The maximum Gasteiger partial charge on any atom is 0.241 e. The van der Waals surface area contributed by atoms with Gasteiger partial charge in [0, 0.05) is 19.2 Å². The van der Waals surface area contributed by atoms with E-state index in [0.717, 1.165) is 17.0 Å². The molecule has 0 spiro atoms. The van der Waals surface area contributed by atoms with Gasteiger partial charge < -0.3 is 5.32 Å². The molecule has 0 aliphatic rings. The summed E-state index contributed by atoms with van der Waals surface area (Å²) in [6.45, 7) is 5.80. The number of carbonyl (C=O) groups is 1. The third kappa shape index (κ3) is 4.99. The van der Waals surface area contributed by atoms with E-state index in [9.17, 15) is 13.2 Å². The molecule has 0 aliphatic heterocycles. The minimum absolute atomic E-state index is 0.136. The van der Waals surface area contributed by atoms with E-state index in [2.05, 4.69) is 20.2 Å². The van der Waals surface area contributed by atoms with Gasteiger partial charge in [0.25, 0.3) is 0 Å². The molecule has 3 aromatic rings. The van der Waals surface area contributed by atoms with E-state index in [4.69, 9.17) is 0 Å². The van der Waals surface area contributed by atoms with Crippen LogP contribution in [0.15, 0.2) is 53.6 Å². The Bertz CT molecular complexity index is 1090. The lowest BCUT2D eigenvalue weighted by Crippen LogP contribution is -2.50. The summed E-state index contributed by atoms with van der Waals surface area (Å²) in [4.78, 5) is 12.8. The zero-order valence-electron chi connectivity index (χ0n) is 16.7. The van der Waals surface area contributed by atoms with E-state index in [1.165, 1.54) is 12.1 Å². The van der Waals surface area contributed by atoms with Crippen LogP contribution in [0, 0.1) is 12.8 Å². The molecule has 2 aromatic heterocycles. The van der Waals surface area contributed by atoms with Crippen LogP contribution >= 0.6 is 0 Å². The Kier molecular flexibility index (Phi) is 6.29. The van der Waals surface area contributed by atoms with Gasteiger partial charge in [-0.1, -0.05) is 37.6 Å². The highest BCUT2D eigenvalue weighted by Crippen LogP contribution is 2.13. The Morgan fingerprint density at radius 2 is 1.83 bits per heavy atom. The quantitative estimate of drug-likeness (QED) is 0.583. The van der Waals surface area contributed by atoms with Crippen molar-refractivity contribution >= 4 is 21.6 Å². The van der Waals surface area contributed by atoms with E-state index in [1.807, 2.05) is 35.7 Å². The Hall–Kier alpha value is -2.78. The minimum atomic E-state index is -3.80. The molecule has 3 rings (SSSR count). The zero-order valence-corrected chi connectivity index (χ0v) is 17.5. The molecule has 9 heteroatoms. The summed E-state index contributed by atoms with van der Waals surface area (Å²) >= 11 is 0. The third-order valence-corrected chi connectivity index (χ3v) is 6.05. The molecule has 8 nitrogen and oxygen atoms in total. The number of aryl methyl sites for hydroxylation is 1. The second-order valence-electron chi connectivity index (χ2n) is 7.24. The van der Waals surface area contributed by atoms with Crippen LogP contribution in [0.3, 0.4) is 0 Å². The van der Waals surface area contributed by atoms with Crippen molar-refractivity contribution in [1.29, 1.82) is 0 Å². The van der Waals surface area contributed by atoms with Gasteiger partial charge in [-0.3, -0.25) is 9.20 Å². The number of rotatable bonds is 8. The fourth-order valence-electron chi connectivity index (χ4n) is 2.91. The van der Waals surface area contributed by atoms with Gasteiger partial charge >= 0.3 is 0 Å². The monoisotopic (exact) mass is 415 g/mol. The molecule has 1 atom stereocenters. The van der Waals surface area contributed by atoms with Gasteiger partial charge in [-0.05, 0) is 37.1 Å². The van der Waals surface area contributed by atoms with Crippen LogP contribution in [-0.4, -0.2) is 41.5 Å². The van der Waals surface area contributed by atoms with Crippen molar-refractivity contribution in [2.24, 2.45) is 5.92 Å². The number of nitrogens with zero attached hydrogens (tertiary/aromatic N) is 3. The Morgan fingerprint density at radius 1 is 1.10 bits per heavy atom. The van der Waals surface area contributed by atoms with Crippen molar-refractivity contribution in [3.05, 3.63) is 60.0 Å². The van der Waals surface area contributed by atoms with Gasteiger partial charge in [0.15, 0.2) is 5.65 Å². The topological polar surface area (TPSA) is 105 Å². The van der Waals surface area contributed by atoms with Gasteiger partial charge in [0.2, 0.25) is 15.9 Å². The molecule has 0 unspecified atom stereocenters. The van der Waals surface area contributed by atoms with Crippen molar-refractivity contribution < 1.29 is 13.2 Å².